The molecular weight excluding hydrogens is 788 g/mol. The van der Waals surface area contributed by atoms with Crippen molar-refractivity contribution in [3.63, 3.8) is 0 Å². The molecule has 0 unspecified atom stereocenters. The first-order chi connectivity index (χ1) is 26.7. The molecule has 0 aliphatic carbocycles. The molecule has 57 heavy (non-hydrogen) atoms. The van der Waals surface area contributed by atoms with Crippen molar-refractivity contribution in [2.24, 2.45) is 0 Å². The zero-order valence-electron chi connectivity index (χ0n) is 31.5. The van der Waals surface area contributed by atoms with Gasteiger partial charge in [0.25, 0.3) is 15.9 Å². The molecule has 4 aromatic rings. The number of alkyl halides is 6. The van der Waals surface area contributed by atoms with Crippen LogP contribution >= 0.6 is 0 Å². The first-order valence-corrected chi connectivity index (χ1v) is 18.4. The van der Waals surface area contributed by atoms with Crippen LogP contribution in [0, 0.1) is 0 Å². The van der Waals surface area contributed by atoms with Crippen LogP contribution in [0.25, 0.3) is 0 Å². The van der Waals surface area contributed by atoms with Crippen LogP contribution in [0.3, 0.4) is 0 Å². The number of carbonyl (C=O) groups excluding carboxylic acids is 1. The van der Waals surface area contributed by atoms with E-state index in [4.69, 9.17) is 23.7 Å². The van der Waals surface area contributed by atoms with Crippen LogP contribution in [-0.2, 0) is 34.0 Å². The molecule has 308 valence electrons. The van der Waals surface area contributed by atoms with E-state index in [2.05, 4.69) is 15.3 Å². The van der Waals surface area contributed by atoms with Crippen molar-refractivity contribution < 1.29 is 63.2 Å². The number of methoxy groups -OCH3 is 4. The maximum absolute atomic E-state index is 14.5. The Labute approximate surface area is 324 Å². The summed E-state index contributed by atoms with van der Waals surface area (Å²) in [5.74, 6) is -0.177. The van der Waals surface area contributed by atoms with Gasteiger partial charge in [-0.15, -0.1) is 0 Å². The second-order valence-corrected chi connectivity index (χ2v) is 15.2. The lowest BCUT2D eigenvalue weighted by Gasteiger charge is -2.44. The van der Waals surface area contributed by atoms with Crippen LogP contribution in [0.1, 0.15) is 40.9 Å². The van der Waals surface area contributed by atoms with E-state index in [9.17, 15) is 39.6 Å². The maximum Gasteiger partial charge on any atom is 0.417 e. The van der Waals surface area contributed by atoms with E-state index in [1.807, 2.05) is 0 Å². The van der Waals surface area contributed by atoms with Gasteiger partial charge in [0.2, 0.25) is 0 Å². The fraction of sp³-hybridized carbons (Fsp3) is 0.378. The van der Waals surface area contributed by atoms with Crippen LogP contribution < -0.4 is 29.2 Å². The largest absolute Gasteiger partial charge is 0.497 e. The molecule has 0 spiro atoms. The van der Waals surface area contributed by atoms with Crippen molar-refractivity contribution in [1.82, 2.24) is 14.3 Å². The van der Waals surface area contributed by atoms with E-state index < -0.39 is 68.5 Å². The van der Waals surface area contributed by atoms with Crippen molar-refractivity contribution in [3.05, 3.63) is 89.2 Å². The minimum Gasteiger partial charge on any atom is -0.497 e. The Morgan fingerprint density at radius 3 is 1.96 bits per heavy atom. The number of amides is 1. The molecule has 20 heteroatoms. The Balaban J connectivity index is 1.53. The zero-order valence-corrected chi connectivity index (χ0v) is 32.3. The molecule has 1 atom stereocenters. The van der Waals surface area contributed by atoms with Gasteiger partial charge in [0.15, 0.2) is 11.1 Å². The molecular formula is C37H39F6N5O8S. The average Bonchev–Trinajstić information content (AvgIpc) is 3.16. The predicted octanol–water partition coefficient (Wildman–Crippen LogP) is 6.72. The minimum absolute atomic E-state index is 0.212. The molecule has 2 aromatic heterocycles. The highest BCUT2D eigenvalue weighted by Gasteiger charge is 2.49. The molecule has 1 N–H and O–H groups in total. The average molecular weight is 828 g/mol. The van der Waals surface area contributed by atoms with Crippen molar-refractivity contribution in [1.29, 1.82) is 0 Å². The SMILES string of the molecule is COc1ccc(CN(Cc2ccc(OC)cc2OC)S(=O)(=O)c2cc(NC(=O)c3cc(C(F)(F)F)cnc3N3C[C@H](C(F)(F)F)OC(C)(C)C3)ccn2)c(OC)c1. The minimum atomic E-state index is -4.97. The molecule has 0 radical (unpaired) electrons. The van der Waals surface area contributed by atoms with Crippen LogP contribution in [0.2, 0.25) is 0 Å². The topological polar surface area (TPSA) is 142 Å². The second-order valence-electron chi connectivity index (χ2n) is 13.3. The van der Waals surface area contributed by atoms with Crippen molar-refractivity contribution in [2.75, 3.05) is 51.7 Å². The molecule has 3 heterocycles. The first kappa shape index (κ1) is 42.8. The van der Waals surface area contributed by atoms with Crippen LogP contribution in [-0.4, -0.2) is 88.0 Å². The van der Waals surface area contributed by atoms with Gasteiger partial charge in [-0.25, -0.2) is 18.4 Å². The van der Waals surface area contributed by atoms with E-state index >= 15 is 0 Å². The van der Waals surface area contributed by atoms with E-state index in [0.717, 1.165) is 21.5 Å². The summed E-state index contributed by atoms with van der Waals surface area (Å²) in [4.78, 5) is 22.7. The fourth-order valence-electron chi connectivity index (χ4n) is 6.08. The third kappa shape index (κ3) is 9.98. The number of nitrogens with zero attached hydrogens (tertiary/aromatic N) is 4. The lowest BCUT2D eigenvalue weighted by molar-refractivity contribution is -0.251. The van der Waals surface area contributed by atoms with E-state index in [1.165, 1.54) is 48.4 Å². The van der Waals surface area contributed by atoms with Gasteiger partial charge in [0.05, 0.1) is 51.7 Å². The van der Waals surface area contributed by atoms with Crippen molar-refractivity contribution in [3.8, 4) is 23.0 Å². The van der Waals surface area contributed by atoms with E-state index in [-0.39, 0.29) is 25.3 Å². The quantitative estimate of drug-likeness (QED) is 0.144. The Hall–Kier alpha value is -5.34. The fourth-order valence-corrected chi connectivity index (χ4v) is 7.43. The molecule has 1 fully saturated rings. The first-order valence-electron chi connectivity index (χ1n) is 16.9. The lowest BCUT2D eigenvalue weighted by atomic mass is 10.0. The monoisotopic (exact) mass is 827 g/mol. The van der Waals surface area contributed by atoms with Gasteiger partial charge in [-0.2, -0.15) is 30.6 Å². The molecule has 13 nitrogen and oxygen atoms in total. The smallest absolute Gasteiger partial charge is 0.417 e. The van der Waals surface area contributed by atoms with Gasteiger partial charge >= 0.3 is 12.4 Å². The number of hydrogen-bond donors (Lipinski definition) is 1. The van der Waals surface area contributed by atoms with Crippen molar-refractivity contribution in [2.45, 2.75) is 56.0 Å². The van der Waals surface area contributed by atoms with E-state index in [0.29, 0.717) is 46.4 Å². The summed E-state index contributed by atoms with van der Waals surface area (Å²) in [7, 11) is 1.13. The van der Waals surface area contributed by atoms with Gasteiger partial charge < -0.3 is 33.9 Å². The molecule has 0 saturated carbocycles. The summed E-state index contributed by atoms with van der Waals surface area (Å²) in [5, 5.41) is 1.81. The van der Waals surface area contributed by atoms with Gasteiger partial charge in [-0.05, 0) is 38.1 Å². The summed E-state index contributed by atoms with van der Waals surface area (Å²) in [6.45, 7) is 1.06. The molecule has 1 amide bonds. The highest BCUT2D eigenvalue weighted by atomic mass is 32.2. The number of anilines is 2. The molecule has 1 saturated heterocycles. The van der Waals surface area contributed by atoms with Crippen LogP contribution in [0.15, 0.2) is 72.0 Å². The third-order valence-corrected chi connectivity index (χ3v) is 10.5. The van der Waals surface area contributed by atoms with Gasteiger partial charge in [0, 0.05) is 67.0 Å². The highest BCUT2D eigenvalue weighted by molar-refractivity contribution is 7.89. The Bertz CT molecular complexity index is 2150. The number of carbonyl (C=O) groups is 1. The highest BCUT2D eigenvalue weighted by Crippen LogP contribution is 2.37. The number of hydrogen-bond acceptors (Lipinski definition) is 11. The molecule has 0 bridgehead atoms. The summed E-state index contributed by atoms with van der Waals surface area (Å²) < 4.78 is 140. The number of nitrogens with one attached hydrogen (secondary N) is 1. The number of halogens is 6. The number of ether oxygens (including phenoxy) is 5. The van der Waals surface area contributed by atoms with Gasteiger partial charge in [0.1, 0.15) is 28.8 Å². The summed E-state index contributed by atoms with van der Waals surface area (Å²) >= 11 is 0. The Kier molecular flexibility index (Phi) is 12.5. The summed E-state index contributed by atoms with van der Waals surface area (Å²) in [6.07, 6.45) is -10.7. The number of benzene rings is 2. The number of morpholine rings is 1. The van der Waals surface area contributed by atoms with Crippen molar-refractivity contribution >= 4 is 27.4 Å². The number of pyridine rings is 2. The molecule has 1 aliphatic rings. The number of aromatic nitrogens is 2. The maximum atomic E-state index is 14.5. The summed E-state index contributed by atoms with van der Waals surface area (Å²) in [5.41, 5.74) is -2.85. The van der Waals surface area contributed by atoms with Gasteiger partial charge in [-0.1, -0.05) is 12.1 Å². The normalized spacial score (nSPS) is 15.9. The molecule has 2 aromatic carbocycles. The van der Waals surface area contributed by atoms with Crippen LogP contribution in [0.4, 0.5) is 37.8 Å². The van der Waals surface area contributed by atoms with Gasteiger partial charge in [-0.3, -0.25) is 4.79 Å². The van der Waals surface area contributed by atoms with Crippen LogP contribution in [0.5, 0.6) is 23.0 Å². The number of sulfonamides is 1. The Morgan fingerprint density at radius 2 is 1.46 bits per heavy atom. The standard InChI is InChI=1S/C37H39F6N5O8S/c1-35(2)21-47(20-31(56-35)37(41,42)43)33-28(13-24(17-45-33)36(38,39)40)34(49)46-25-11-12-44-32(14-25)57(50,51)48(18-22-7-9-26(52-3)15-29(22)54-5)19-23-8-10-27(53-4)16-30(23)55-6/h7-17,31H,18-21H2,1-6H3,(H,44,46,49)/t31-/m1/s1. The molecule has 5 rings (SSSR count). The second kappa shape index (κ2) is 16.6. The zero-order chi connectivity index (χ0) is 41.9. The lowest BCUT2D eigenvalue weighted by Crippen LogP contribution is -2.57. The predicted molar refractivity (Wildman–Crippen MR) is 194 cm³/mol. The molecule has 1 aliphatic heterocycles. The number of rotatable bonds is 13. The Morgan fingerprint density at radius 1 is 0.877 bits per heavy atom. The van der Waals surface area contributed by atoms with E-state index in [1.54, 1.807) is 36.4 Å². The summed E-state index contributed by atoms with van der Waals surface area (Å²) in [6, 6.07) is 12.2. The third-order valence-electron chi connectivity index (χ3n) is 8.80.